The first-order valence-corrected chi connectivity index (χ1v) is 7.90. The molecular formula is C17H12BrN3O3. The molecule has 0 amide bonds. The molecule has 0 saturated carbocycles. The lowest BCUT2D eigenvalue weighted by Crippen LogP contribution is -2.22. The van der Waals surface area contributed by atoms with Gasteiger partial charge in [0.2, 0.25) is 0 Å². The van der Waals surface area contributed by atoms with Crippen molar-refractivity contribution < 1.29 is 4.92 Å². The number of nitro groups is 1. The zero-order valence-corrected chi connectivity index (χ0v) is 14.0. The van der Waals surface area contributed by atoms with Gasteiger partial charge in [0.05, 0.1) is 17.2 Å². The Labute approximate surface area is 145 Å². The summed E-state index contributed by atoms with van der Waals surface area (Å²) in [6.45, 7) is 0.249. The normalized spacial score (nSPS) is 10.5. The number of halogens is 1. The first-order valence-electron chi connectivity index (χ1n) is 7.10. The van der Waals surface area contributed by atoms with E-state index >= 15 is 0 Å². The minimum atomic E-state index is -0.456. The molecule has 1 heterocycles. The molecule has 0 N–H and O–H groups in total. The summed E-state index contributed by atoms with van der Waals surface area (Å²) in [4.78, 5) is 22.3. The molecule has 0 saturated heterocycles. The number of hydrogen-bond donors (Lipinski definition) is 0. The van der Waals surface area contributed by atoms with E-state index in [2.05, 4.69) is 21.0 Å². The second-order valence-electron chi connectivity index (χ2n) is 5.15. The Hall–Kier alpha value is -2.80. The monoisotopic (exact) mass is 385 g/mol. The number of non-ortho nitro benzene ring substituents is 1. The molecule has 0 spiro atoms. The maximum absolute atomic E-state index is 12.0. The Balaban J connectivity index is 1.92. The molecule has 6 nitrogen and oxygen atoms in total. The number of nitro benzene ring substituents is 1. The molecule has 0 radical (unpaired) electrons. The standard InChI is InChI=1S/C17H12BrN3O3/c18-14-3-1-2-13(10-14)16-8-9-17(22)20(19-16)11-12-4-6-15(7-5-12)21(23)24/h1-10H,11H2. The quantitative estimate of drug-likeness (QED) is 0.507. The fourth-order valence-electron chi connectivity index (χ4n) is 2.26. The number of aromatic nitrogens is 2. The molecule has 3 aromatic rings. The maximum atomic E-state index is 12.0. The van der Waals surface area contributed by atoms with Gasteiger partial charge in [-0.3, -0.25) is 14.9 Å². The molecule has 0 atom stereocenters. The zero-order chi connectivity index (χ0) is 17.1. The average molecular weight is 386 g/mol. The van der Waals surface area contributed by atoms with E-state index in [1.54, 1.807) is 18.2 Å². The summed E-state index contributed by atoms with van der Waals surface area (Å²) < 4.78 is 2.27. The largest absolute Gasteiger partial charge is 0.269 e. The topological polar surface area (TPSA) is 78.0 Å². The smallest absolute Gasteiger partial charge is 0.268 e. The van der Waals surface area contributed by atoms with Crippen LogP contribution in [-0.2, 0) is 6.54 Å². The van der Waals surface area contributed by atoms with Crippen molar-refractivity contribution in [2.45, 2.75) is 6.54 Å². The van der Waals surface area contributed by atoms with Gasteiger partial charge in [0, 0.05) is 28.2 Å². The van der Waals surface area contributed by atoms with Crippen LogP contribution in [0, 0.1) is 10.1 Å². The highest BCUT2D eigenvalue weighted by molar-refractivity contribution is 9.10. The van der Waals surface area contributed by atoms with Gasteiger partial charge in [-0.25, -0.2) is 4.68 Å². The summed E-state index contributed by atoms with van der Waals surface area (Å²) in [7, 11) is 0. The molecular weight excluding hydrogens is 374 g/mol. The van der Waals surface area contributed by atoms with Crippen molar-refractivity contribution in [1.29, 1.82) is 0 Å². The number of rotatable bonds is 4. The second-order valence-corrected chi connectivity index (χ2v) is 6.06. The van der Waals surface area contributed by atoms with Gasteiger partial charge < -0.3 is 0 Å². The van der Waals surface area contributed by atoms with E-state index in [4.69, 9.17) is 0 Å². The summed E-state index contributed by atoms with van der Waals surface area (Å²) in [5, 5.41) is 15.1. The van der Waals surface area contributed by atoms with Gasteiger partial charge in [-0.1, -0.05) is 40.2 Å². The minimum Gasteiger partial charge on any atom is -0.268 e. The maximum Gasteiger partial charge on any atom is 0.269 e. The summed E-state index contributed by atoms with van der Waals surface area (Å²) in [6.07, 6.45) is 0. The summed E-state index contributed by atoms with van der Waals surface area (Å²) in [5.74, 6) is 0. The van der Waals surface area contributed by atoms with Crippen LogP contribution in [0.5, 0.6) is 0 Å². The van der Waals surface area contributed by atoms with Crippen LogP contribution < -0.4 is 5.56 Å². The Morgan fingerprint density at radius 1 is 1.08 bits per heavy atom. The summed E-state index contributed by atoms with van der Waals surface area (Å²) >= 11 is 3.41. The average Bonchev–Trinajstić information content (AvgIpc) is 2.57. The van der Waals surface area contributed by atoms with Crippen LogP contribution >= 0.6 is 15.9 Å². The highest BCUT2D eigenvalue weighted by atomic mass is 79.9. The lowest BCUT2D eigenvalue weighted by molar-refractivity contribution is -0.384. The van der Waals surface area contributed by atoms with E-state index in [1.807, 2.05) is 24.3 Å². The van der Waals surface area contributed by atoms with Crippen LogP contribution in [0.3, 0.4) is 0 Å². The minimum absolute atomic E-state index is 0.0157. The number of benzene rings is 2. The van der Waals surface area contributed by atoms with Gasteiger partial charge in [-0.2, -0.15) is 5.10 Å². The van der Waals surface area contributed by atoms with Gasteiger partial charge in [-0.05, 0) is 23.8 Å². The van der Waals surface area contributed by atoms with E-state index < -0.39 is 4.92 Å². The van der Waals surface area contributed by atoms with Crippen LogP contribution in [0.1, 0.15) is 5.56 Å². The summed E-state index contributed by atoms with van der Waals surface area (Å²) in [5.41, 5.74) is 2.12. The van der Waals surface area contributed by atoms with E-state index in [-0.39, 0.29) is 17.8 Å². The fraction of sp³-hybridized carbons (Fsp3) is 0.0588. The van der Waals surface area contributed by atoms with Gasteiger partial charge in [0.25, 0.3) is 11.2 Å². The van der Waals surface area contributed by atoms with Gasteiger partial charge in [0.1, 0.15) is 0 Å². The highest BCUT2D eigenvalue weighted by Gasteiger charge is 2.07. The molecule has 0 bridgehead atoms. The Kier molecular flexibility index (Phi) is 4.52. The third kappa shape index (κ3) is 3.57. The molecule has 0 aliphatic heterocycles. The van der Waals surface area contributed by atoms with E-state index in [0.717, 1.165) is 15.6 Å². The Morgan fingerprint density at radius 2 is 1.83 bits per heavy atom. The van der Waals surface area contributed by atoms with Crippen molar-refractivity contribution in [1.82, 2.24) is 9.78 Å². The molecule has 7 heteroatoms. The SMILES string of the molecule is O=c1ccc(-c2cccc(Br)c2)nn1Cc1ccc([N+](=O)[O-])cc1. The van der Waals surface area contributed by atoms with Crippen molar-refractivity contribution >= 4 is 21.6 Å². The molecule has 3 rings (SSSR count). The molecule has 120 valence electrons. The van der Waals surface area contributed by atoms with Gasteiger partial charge in [0.15, 0.2) is 0 Å². The third-order valence-corrected chi connectivity index (χ3v) is 3.96. The number of hydrogen-bond acceptors (Lipinski definition) is 4. The Morgan fingerprint density at radius 3 is 2.50 bits per heavy atom. The lowest BCUT2D eigenvalue weighted by Gasteiger charge is -2.07. The van der Waals surface area contributed by atoms with Crippen molar-refractivity contribution in [3.63, 3.8) is 0 Å². The lowest BCUT2D eigenvalue weighted by atomic mass is 10.1. The van der Waals surface area contributed by atoms with Crippen LogP contribution in [0.15, 0.2) is 69.9 Å². The van der Waals surface area contributed by atoms with Crippen molar-refractivity contribution in [2.24, 2.45) is 0 Å². The predicted octanol–water partition coefficient (Wildman–Crippen LogP) is 3.63. The molecule has 0 aliphatic carbocycles. The van der Waals surface area contributed by atoms with Crippen LogP contribution in [0.2, 0.25) is 0 Å². The van der Waals surface area contributed by atoms with Crippen LogP contribution in [-0.4, -0.2) is 14.7 Å². The first kappa shape index (κ1) is 16.1. The zero-order valence-electron chi connectivity index (χ0n) is 12.4. The van der Waals surface area contributed by atoms with Crippen molar-refractivity contribution in [2.75, 3.05) is 0 Å². The highest BCUT2D eigenvalue weighted by Crippen LogP contribution is 2.20. The number of nitrogens with zero attached hydrogens (tertiary/aromatic N) is 3. The van der Waals surface area contributed by atoms with E-state index in [0.29, 0.717) is 5.69 Å². The van der Waals surface area contributed by atoms with E-state index in [9.17, 15) is 14.9 Å². The van der Waals surface area contributed by atoms with E-state index in [1.165, 1.54) is 22.9 Å². The second kappa shape index (κ2) is 6.76. The summed E-state index contributed by atoms with van der Waals surface area (Å²) in [6, 6.07) is 16.9. The third-order valence-electron chi connectivity index (χ3n) is 3.47. The van der Waals surface area contributed by atoms with Gasteiger partial charge in [-0.15, -0.1) is 0 Å². The molecule has 0 fully saturated rings. The van der Waals surface area contributed by atoms with Crippen LogP contribution in [0.4, 0.5) is 5.69 Å². The molecule has 1 aromatic heterocycles. The van der Waals surface area contributed by atoms with Crippen molar-refractivity contribution in [3.8, 4) is 11.3 Å². The molecule has 24 heavy (non-hydrogen) atoms. The fourth-order valence-corrected chi connectivity index (χ4v) is 2.66. The first-order chi connectivity index (χ1) is 11.5. The van der Waals surface area contributed by atoms with Gasteiger partial charge >= 0.3 is 0 Å². The Bertz CT molecular complexity index is 952. The van der Waals surface area contributed by atoms with Crippen LogP contribution in [0.25, 0.3) is 11.3 Å². The van der Waals surface area contributed by atoms with Crippen molar-refractivity contribution in [3.05, 3.63) is 91.2 Å². The predicted molar refractivity (Wildman–Crippen MR) is 93.8 cm³/mol. The molecule has 0 aliphatic rings. The molecule has 0 unspecified atom stereocenters. The molecule has 2 aromatic carbocycles.